The lowest BCUT2D eigenvalue weighted by Crippen LogP contribution is -2.53. The van der Waals surface area contributed by atoms with Crippen LogP contribution in [0.15, 0.2) is 54.1 Å². The van der Waals surface area contributed by atoms with Gasteiger partial charge in [0.1, 0.15) is 5.82 Å². The molecule has 1 unspecified atom stereocenters. The molecule has 2 aromatic rings. The molecule has 0 N–H and O–H groups in total. The van der Waals surface area contributed by atoms with Gasteiger partial charge in [-0.3, -0.25) is 9.59 Å². The summed E-state index contributed by atoms with van der Waals surface area (Å²) < 4.78 is 5.42. The minimum Gasteiger partial charge on any atom is -0.378 e. The van der Waals surface area contributed by atoms with Crippen molar-refractivity contribution in [1.82, 2.24) is 9.88 Å². The minimum absolute atomic E-state index is 0.0365. The molecule has 2 aliphatic rings. The molecule has 30 heavy (non-hydrogen) atoms. The first-order valence-electron chi connectivity index (χ1n) is 10.3. The van der Waals surface area contributed by atoms with Crippen LogP contribution in [0.2, 0.25) is 0 Å². The Morgan fingerprint density at radius 1 is 1.10 bits per heavy atom. The van der Waals surface area contributed by atoms with Crippen LogP contribution in [-0.4, -0.2) is 61.0 Å². The summed E-state index contributed by atoms with van der Waals surface area (Å²) in [5.74, 6) is 0.889. The van der Waals surface area contributed by atoms with E-state index in [1.54, 1.807) is 11.8 Å². The summed E-state index contributed by atoms with van der Waals surface area (Å²) in [6.07, 6.45) is 1.84. The first-order chi connectivity index (χ1) is 14.5. The van der Waals surface area contributed by atoms with E-state index in [2.05, 4.69) is 4.90 Å². The van der Waals surface area contributed by atoms with Gasteiger partial charge in [-0.2, -0.15) is 0 Å². The van der Waals surface area contributed by atoms with Gasteiger partial charge < -0.3 is 14.5 Å². The average molecular weight is 405 g/mol. The van der Waals surface area contributed by atoms with Gasteiger partial charge in [-0.25, -0.2) is 4.98 Å². The second-order valence-electron chi connectivity index (χ2n) is 8.09. The molecule has 6 nitrogen and oxygen atoms in total. The fraction of sp³-hybridized carbons (Fsp3) is 0.375. The zero-order valence-corrected chi connectivity index (χ0v) is 17.5. The number of aromatic nitrogens is 1. The second-order valence-corrected chi connectivity index (χ2v) is 8.09. The number of anilines is 1. The summed E-state index contributed by atoms with van der Waals surface area (Å²) >= 11 is 0. The lowest BCUT2D eigenvalue weighted by molar-refractivity contribution is -0.133. The Morgan fingerprint density at radius 2 is 1.83 bits per heavy atom. The van der Waals surface area contributed by atoms with Gasteiger partial charge in [0.05, 0.1) is 24.3 Å². The van der Waals surface area contributed by atoms with Crippen molar-refractivity contribution in [3.63, 3.8) is 0 Å². The molecule has 1 aromatic carbocycles. The van der Waals surface area contributed by atoms with Crippen LogP contribution in [0.1, 0.15) is 25.1 Å². The van der Waals surface area contributed by atoms with E-state index in [9.17, 15) is 9.59 Å². The highest BCUT2D eigenvalue weighted by Crippen LogP contribution is 2.34. The van der Waals surface area contributed by atoms with Crippen molar-refractivity contribution in [1.29, 1.82) is 0 Å². The zero-order chi connectivity index (χ0) is 21.1. The summed E-state index contributed by atoms with van der Waals surface area (Å²) in [5, 5.41) is 0. The van der Waals surface area contributed by atoms with E-state index >= 15 is 0 Å². The number of rotatable bonds is 3. The molecular formula is C24H27N3O3. The van der Waals surface area contributed by atoms with Crippen molar-refractivity contribution in [3.05, 3.63) is 65.4 Å². The highest BCUT2D eigenvalue weighted by Gasteiger charge is 2.43. The van der Waals surface area contributed by atoms with Crippen LogP contribution in [0.3, 0.4) is 0 Å². The van der Waals surface area contributed by atoms with Crippen molar-refractivity contribution >= 4 is 23.6 Å². The van der Waals surface area contributed by atoms with Crippen LogP contribution in [0.5, 0.6) is 0 Å². The normalized spacial score (nSPS) is 23.7. The zero-order valence-electron chi connectivity index (χ0n) is 17.5. The Labute approximate surface area is 177 Å². The van der Waals surface area contributed by atoms with E-state index in [4.69, 9.17) is 9.72 Å². The number of likely N-dealkylation sites (tertiary alicyclic amines) is 1. The number of ketones is 1. The number of piperidine rings is 1. The quantitative estimate of drug-likeness (QED) is 0.735. The molecule has 6 heteroatoms. The van der Waals surface area contributed by atoms with Crippen LogP contribution < -0.4 is 4.90 Å². The number of hydrogen-bond acceptors (Lipinski definition) is 5. The smallest absolute Gasteiger partial charge is 0.219 e. The van der Waals surface area contributed by atoms with E-state index in [-0.39, 0.29) is 11.7 Å². The Balaban J connectivity index is 1.69. The molecule has 1 atom stereocenters. The molecular weight excluding hydrogens is 378 g/mol. The molecule has 0 saturated carbocycles. The molecule has 0 aliphatic carbocycles. The van der Waals surface area contributed by atoms with Gasteiger partial charge in [-0.05, 0) is 30.7 Å². The molecule has 3 heterocycles. The summed E-state index contributed by atoms with van der Waals surface area (Å²) in [6, 6.07) is 15.5. The van der Waals surface area contributed by atoms with Gasteiger partial charge in [-0.15, -0.1) is 0 Å². The summed E-state index contributed by atoms with van der Waals surface area (Å²) in [5.41, 5.74) is 1.47. The number of Topliss-reactive ketones (excluding diaryl/α,β-unsaturated/α-hetero) is 1. The summed E-state index contributed by atoms with van der Waals surface area (Å²) in [4.78, 5) is 34.5. The first-order valence-corrected chi connectivity index (χ1v) is 10.3. The maximum atomic E-state index is 13.5. The van der Waals surface area contributed by atoms with Crippen LogP contribution in [-0.2, 0) is 19.7 Å². The number of ether oxygens (including phenoxy) is 1. The third-order valence-corrected chi connectivity index (χ3v) is 5.93. The lowest BCUT2D eigenvalue weighted by atomic mass is 9.73. The molecule has 2 saturated heterocycles. The first kappa shape index (κ1) is 20.3. The number of carbonyl (C=O) groups is 2. The number of carbonyl (C=O) groups excluding carboxylic acids is 2. The summed E-state index contributed by atoms with van der Waals surface area (Å²) in [6.45, 7) is 7.14. The monoisotopic (exact) mass is 405 g/mol. The van der Waals surface area contributed by atoms with Crippen LogP contribution in [0, 0.1) is 0 Å². The van der Waals surface area contributed by atoms with Crippen molar-refractivity contribution in [2.75, 3.05) is 44.3 Å². The van der Waals surface area contributed by atoms with Gasteiger partial charge in [0, 0.05) is 38.7 Å². The Morgan fingerprint density at radius 3 is 2.53 bits per heavy atom. The van der Waals surface area contributed by atoms with Crippen LogP contribution >= 0.6 is 0 Å². The van der Waals surface area contributed by atoms with Crippen molar-refractivity contribution in [3.8, 4) is 0 Å². The van der Waals surface area contributed by atoms with Gasteiger partial charge >= 0.3 is 0 Å². The maximum Gasteiger partial charge on any atom is 0.219 e. The third-order valence-electron chi connectivity index (χ3n) is 5.93. The SMILES string of the molecule is CC(=O)N1C/C(=C\c2cccc(N3CCOCC3)n2)C(=O)C(C)(c2ccccc2)C1. The molecule has 1 amide bonds. The molecule has 2 fully saturated rings. The lowest BCUT2D eigenvalue weighted by Gasteiger charge is -2.40. The Kier molecular flexibility index (Phi) is 5.68. The molecule has 156 valence electrons. The molecule has 4 rings (SSSR count). The van der Waals surface area contributed by atoms with E-state index in [0.717, 1.165) is 30.2 Å². The largest absolute Gasteiger partial charge is 0.378 e. The number of hydrogen-bond donors (Lipinski definition) is 0. The van der Waals surface area contributed by atoms with E-state index in [1.165, 1.54) is 0 Å². The predicted molar refractivity (Wildman–Crippen MR) is 116 cm³/mol. The average Bonchev–Trinajstić information content (AvgIpc) is 2.78. The topological polar surface area (TPSA) is 62.7 Å². The molecule has 0 bridgehead atoms. The number of pyridine rings is 1. The molecule has 0 radical (unpaired) electrons. The van der Waals surface area contributed by atoms with E-state index in [0.29, 0.717) is 31.9 Å². The number of morpholine rings is 1. The van der Waals surface area contributed by atoms with Crippen molar-refractivity contribution in [2.24, 2.45) is 0 Å². The van der Waals surface area contributed by atoms with Crippen LogP contribution in [0.25, 0.3) is 6.08 Å². The highest BCUT2D eigenvalue weighted by molar-refractivity contribution is 6.08. The second kappa shape index (κ2) is 8.40. The summed E-state index contributed by atoms with van der Waals surface area (Å²) in [7, 11) is 0. The predicted octanol–water partition coefficient (Wildman–Crippen LogP) is 2.69. The number of nitrogens with zero attached hydrogens (tertiary/aromatic N) is 3. The van der Waals surface area contributed by atoms with Crippen molar-refractivity contribution < 1.29 is 14.3 Å². The Bertz CT molecular complexity index is 967. The number of amides is 1. The maximum absolute atomic E-state index is 13.5. The van der Waals surface area contributed by atoms with Crippen molar-refractivity contribution in [2.45, 2.75) is 19.3 Å². The fourth-order valence-corrected chi connectivity index (χ4v) is 4.17. The van der Waals surface area contributed by atoms with Gasteiger partial charge in [-0.1, -0.05) is 36.4 Å². The van der Waals surface area contributed by atoms with Crippen LogP contribution in [0.4, 0.5) is 5.82 Å². The van der Waals surface area contributed by atoms with E-state index < -0.39 is 5.41 Å². The standard InChI is InChI=1S/C24H27N3O3/c1-18(28)27-16-19(23(29)24(2,17-27)20-7-4-3-5-8-20)15-21-9-6-10-22(25-21)26-11-13-30-14-12-26/h3-10,15H,11-14,16-17H2,1-2H3/b19-15+. The Hall–Kier alpha value is -2.99. The van der Waals surface area contributed by atoms with Gasteiger partial charge in [0.15, 0.2) is 5.78 Å². The van der Waals surface area contributed by atoms with Gasteiger partial charge in [0.2, 0.25) is 5.91 Å². The number of benzene rings is 1. The highest BCUT2D eigenvalue weighted by atomic mass is 16.5. The third kappa shape index (κ3) is 4.00. The molecule has 1 aromatic heterocycles. The molecule has 0 spiro atoms. The van der Waals surface area contributed by atoms with Gasteiger partial charge in [0.25, 0.3) is 0 Å². The molecule has 2 aliphatic heterocycles. The fourth-order valence-electron chi connectivity index (χ4n) is 4.17. The van der Waals surface area contributed by atoms with E-state index in [1.807, 2.05) is 61.5 Å². The minimum atomic E-state index is -0.779.